The van der Waals surface area contributed by atoms with E-state index in [1.54, 1.807) is 0 Å². The summed E-state index contributed by atoms with van der Waals surface area (Å²) in [5, 5.41) is 3.39. The Labute approximate surface area is 120 Å². The second kappa shape index (κ2) is 7.70. The second-order valence-corrected chi connectivity index (χ2v) is 4.92. The fourth-order valence-corrected chi connectivity index (χ4v) is 2.06. The lowest BCUT2D eigenvalue weighted by molar-refractivity contribution is 0.296. The quantitative estimate of drug-likeness (QED) is 0.752. The highest BCUT2D eigenvalue weighted by molar-refractivity contribution is 5.27. The Morgan fingerprint density at radius 3 is 3.05 bits per heavy atom. The van der Waals surface area contributed by atoms with Crippen LogP contribution in [0.15, 0.2) is 36.8 Å². The SMILES string of the molecule is CCCNCc1cncn1CCOc1cccc(C)c1. The molecule has 0 saturated heterocycles. The average Bonchev–Trinajstić information content (AvgIpc) is 2.87. The molecule has 108 valence electrons. The highest BCUT2D eigenvalue weighted by Crippen LogP contribution is 2.12. The highest BCUT2D eigenvalue weighted by atomic mass is 16.5. The third-order valence-corrected chi connectivity index (χ3v) is 3.12. The first-order valence-corrected chi connectivity index (χ1v) is 7.19. The molecule has 0 radical (unpaired) electrons. The van der Waals surface area contributed by atoms with Crippen LogP contribution in [0.3, 0.4) is 0 Å². The van der Waals surface area contributed by atoms with Crippen molar-refractivity contribution in [3.05, 3.63) is 48.0 Å². The molecule has 0 spiro atoms. The number of ether oxygens (including phenoxy) is 1. The number of nitrogens with one attached hydrogen (secondary N) is 1. The van der Waals surface area contributed by atoms with Gasteiger partial charge in [-0.3, -0.25) is 0 Å². The average molecular weight is 273 g/mol. The van der Waals surface area contributed by atoms with Crippen LogP contribution in [0.25, 0.3) is 0 Å². The summed E-state index contributed by atoms with van der Waals surface area (Å²) in [6.07, 6.45) is 4.92. The summed E-state index contributed by atoms with van der Waals surface area (Å²) in [7, 11) is 0. The molecule has 1 aromatic heterocycles. The highest BCUT2D eigenvalue weighted by Gasteiger charge is 2.02. The van der Waals surface area contributed by atoms with Gasteiger partial charge in [-0.15, -0.1) is 0 Å². The third-order valence-electron chi connectivity index (χ3n) is 3.12. The summed E-state index contributed by atoms with van der Waals surface area (Å²) >= 11 is 0. The van der Waals surface area contributed by atoms with Crippen LogP contribution in [-0.4, -0.2) is 22.7 Å². The number of aromatic nitrogens is 2. The van der Waals surface area contributed by atoms with Crippen molar-refractivity contribution in [2.75, 3.05) is 13.2 Å². The Morgan fingerprint density at radius 2 is 2.25 bits per heavy atom. The molecule has 1 aromatic carbocycles. The number of aryl methyl sites for hydroxylation is 1. The zero-order valence-corrected chi connectivity index (χ0v) is 12.3. The van der Waals surface area contributed by atoms with Crippen LogP contribution in [0.2, 0.25) is 0 Å². The lowest BCUT2D eigenvalue weighted by Gasteiger charge is -2.10. The van der Waals surface area contributed by atoms with Crippen molar-refractivity contribution in [2.45, 2.75) is 33.4 Å². The zero-order valence-electron chi connectivity index (χ0n) is 12.3. The van der Waals surface area contributed by atoms with Crippen molar-refractivity contribution in [1.29, 1.82) is 0 Å². The normalized spacial score (nSPS) is 10.7. The molecule has 4 nitrogen and oxygen atoms in total. The first kappa shape index (κ1) is 14.6. The van der Waals surface area contributed by atoms with Gasteiger partial charge in [-0.05, 0) is 37.6 Å². The molecule has 0 aliphatic heterocycles. The number of benzene rings is 1. The van der Waals surface area contributed by atoms with E-state index in [1.807, 2.05) is 24.7 Å². The van der Waals surface area contributed by atoms with E-state index in [0.29, 0.717) is 6.61 Å². The van der Waals surface area contributed by atoms with E-state index in [1.165, 1.54) is 11.3 Å². The van der Waals surface area contributed by atoms with Crippen molar-refractivity contribution < 1.29 is 4.74 Å². The van der Waals surface area contributed by atoms with Crippen molar-refractivity contribution in [1.82, 2.24) is 14.9 Å². The second-order valence-electron chi connectivity index (χ2n) is 4.92. The molecule has 0 aliphatic carbocycles. The molecule has 0 bridgehead atoms. The largest absolute Gasteiger partial charge is 0.492 e. The van der Waals surface area contributed by atoms with Crippen LogP contribution in [0, 0.1) is 6.92 Å². The maximum absolute atomic E-state index is 5.77. The molecule has 1 heterocycles. The van der Waals surface area contributed by atoms with Gasteiger partial charge in [0.2, 0.25) is 0 Å². The van der Waals surface area contributed by atoms with E-state index in [0.717, 1.165) is 31.8 Å². The Kier molecular flexibility index (Phi) is 5.62. The minimum absolute atomic E-state index is 0.653. The molecular weight excluding hydrogens is 250 g/mol. The first-order valence-electron chi connectivity index (χ1n) is 7.19. The van der Waals surface area contributed by atoms with E-state index in [9.17, 15) is 0 Å². The van der Waals surface area contributed by atoms with E-state index in [4.69, 9.17) is 4.74 Å². The predicted molar refractivity (Wildman–Crippen MR) is 80.9 cm³/mol. The van der Waals surface area contributed by atoms with Gasteiger partial charge in [0.25, 0.3) is 0 Å². The number of hydrogen-bond donors (Lipinski definition) is 1. The molecule has 0 aliphatic rings. The fourth-order valence-electron chi connectivity index (χ4n) is 2.06. The topological polar surface area (TPSA) is 39.1 Å². The maximum Gasteiger partial charge on any atom is 0.119 e. The van der Waals surface area contributed by atoms with Crippen LogP contribution in [0.1, 0.15) is 24.6 Å². The first-order chi connectivity index (χ1) is 9.79. The molecule has 2 aromatic rings. The lowest BCUT2D eigenvalue weighted by atomic mass is 10.2. The smallest absolute Gasteiger partial charge is 0.119 e. The summed E-state index contributed by atoms with van der Waals surface area (Å²) in [6, 6.07) is 8.13. The van der Waals surface area contributed by atoms with Gasteiger partial charge in [0.15, 0.2) is 0 Å². The minimum Gasteiger partial charge on any atom is -0.492 e. The number of rotatable bonds is 8. The molecule has 4 heteroatoms. The maximum atomic E-state index is 5.77. The summed E-state index contributed by atoms with van der Waals surface area (Å²) < 4.78 is 7.91. The fraction of sp³-hybridized carbons (Fsp3) is 0.438. The van der Waals surface area contributed by atoms with Gasteiger partial charge in [0.05, 0.1) is 18.6 Å². The standard InChI is InChI=1S/C16H23N3O/c1-3-7-17-11-15-12-18-13-19(15)8-9-20-16-6-4-5-14(2)10-16/h4-6,10,12-13,17H,3,7-9,11H2,1-2H3. The van der Waals surface area contributed by atoms with Crippen molar-refractivity contribution in [3.8, 4) is 5.75 Å². The lowest BCUT2D eigenvalue weighted by Crippen LogP contribution is -2.18. The number of nitrogens with zero attached hydrogens (tertiary/aromatic N) is 2. The molecule has 0 saturated carbocycles. The van der Waals surface area contributed by atoms with Gasteiger partial charge in [-0.2, -0.15) is 0 Å². The van der Waals surface area contributed by atoms with Crippen LogP contribution in [-0.2, 0) is 13.1 Å². The Balaban J connectivity index is 1.80. The summed E-state index contributed by atoms with van der Waals surface area (Å²) in [5.74, 6) is 0.927. The van der Waals surface area contributed by atoms with Crippen LogP contribution in [0.4, 0.5) is 0 Å². The van der Waals surface area contributed by atoms with Gasteiger partial charge < -0.3 is 14.6 Å². The van der Waals surface area contributed by atoms with Gasteiger partial charge in [0.1, 0.15) is 12.4 Å². The summed E-state index contributed by atoms with van der Waals surface area (Å²) in [4.78, 5) is 4.21. The molecule has 0 unspecified atom stereocenters. The van der Waals surface area contributed by atoms with Gasteiger partial charge in [-0.1, -0.05) is 19.1 Å². The zero-order chi connectivity index (χ0) is 14.2. The predicted octanol–water partition coefficient (Wildman–Crippen LogP) is 2.77. The van der Waals surface area contributed by atoms with Gasteiger partial charge in [-0.25, -0.2) is 4.98 Å². The minimum atomic E-state index is 0.653. The van der Waals surface area contributed by atoms with E-state index < -0.39 is 0 Å². The summed E-state index contributed by atoms with van der Waals surface area (Å²) in [5.41, 5.74) is 2.42. The van der Waals surface area contributed by atoms with Crippen LogP contribution < -0.4 is 10.1 Å². The van der Waals surface area contributed by atoms with Gasteiger partial charge in [0, 0.05) is 12.7 Å². The number of imidazole rings is 1. The van der Waals surface area contributed by atoms with E-state index in [2.05, 4.69) is 40.8 Å². The number of hydrogen-bond acceptors (Lipinski definition) is 3. The summed E-state index contributed by atoms with van der Waals surface area (Å²) in [6.45, 7) is 7.60. The van der Waals surface area contributed by atoms with Crippen molar-refractivity contribution >= 4 is 0 Å². The Hall–Kier alpha value is -1.81. The molecule has 20 heavy (non-hydrogen) atoms. The molecule has 1 N–H and O–H groups in total. The van der Waals surface area contributed by atoms with Gasteiger partial charge >= 0.3 is 0 Å². The van der Waals surface area contributed by atoms with Crippen molar-refractivity contribution in [2.24, 2.45) is 0 Å². The van der Waals surface area contributed by atoms with Crippen LogP contribution in [0.5, 0.6) is 5.75 Å². The Morgan fingerprint density at radius 1 is 1.35 bits per heavy atom. The van der Waals surface area contributed by atoms with E-state index >= 15 is 0 Å². The molecule has 0 amide bonds. The van der Waals surface area contributed by atoms with E-state index in [-0.39, 0.29) is 0 Å². The molecular formula is C16H23N3O. The van der Waals surface area contributed by atoms with Crippen LogP contribution >= 0.6 is 0 Å². The monoisotopic (exact) mass is 273 g/mol. The van der Waals surface area contributed by atoms with Crippen molar-refractivity contribution in [3.63, 3.8) is 0 Å². The third kappa shape index (κ3) is 4.38. The Bertz CT molecular complexity index is 522. The molecule has 2 rings (SSSR count). The molecule has 0 atom stereocenters. The molecule has 0 fully saturated rings.